The van der Waals surface area contributed by atoms with E-state index < -0.39 is 6.29 Å². The minimum absolute atomic E-state index is 0.166. The quantitative estimate of drug-likeness (QED) is 0.465. The van der Waals surface area contributed by atoms with Gasteiger partial charge in [0.05, 0.1) is 17.7 Å². The number of anilines is 1. The first-order chi connectivity index (χ1) is 14.1. The van der Waals surface area contributed by atoms with Crippen LogP contribution in [0.25, 0.3) is 11.0 Å². The Morgan fingerprint density at radius 1 is 1.31 bits per heavy atom. The minimum Gasteiger partial charge on any atom is -0.466 e. The normalized spacial score (nSPS) is 21.7. The van der Waals surface area contributed by atoms with E-state index in [4.69, 9.17) is 29.8 Å². The van der Waals surface area contributed by atoms with Crippen LogP contribution in [0.5, 0.6) is 0 Å². The van der Waals surface area contributed by atoms with E-state index in [0.29, 0.717) is 43.8 Å². The fourth-order valence-corrected chi connectivity index (χ4v) is 3.47. The van der Waals surface area contributed by atoms with E-state index in [1.165, 1.54) is 6.33 Å². The maximum absolute atomic E-state index is 11.7. The first kappa shape index (κ1) is 21.4. The number of nitrogen functional groups attached to an aromatic ring is 1. The molecule has 10 heteroatoms. The topological polar surface area (TPSA) is 124 Å². The number of hydrogen-bond donors (Lipinski definition) is 1. The number of hydrogen-bond acceptors (Lipinski definition) is 9. The lowest BCUT2D eigenvalue weighted by atomic mass is 10.1. The number of rotatable bonds is 10. The highest BCUT2D eigenvalue weighted by Crippen LogP contribution is 2.34. The molecular weight excluding hydrogens is 378 g/mol. The van der Waals surface area contributed by atoms with Crippen LogP contribution < -0.4 is 5.73 Å². The molecule has 1 saturated heterocycles. The van der Waals surface area contributed by atoms with Crippen LogP contribution in [0.3, 0.4) is 0 Å². The van der Waals surface area contributed by atoms with E-state index in [0.717, 1.165) is 23.9 Å². The second-order valence-corrected chi connectivity index (χ2v) is 6.98. The molecule has 160 valence electrons. The van der Waals surface area contributed by atoms with Crippen LogP contribution in [0.4, 0.5) is 5.82 Å². The molecule has 2 N–H and O–H groups in total. The number of carbonyl (C=O) groups excluding carboxylic acids is 1. The summed E-state index contributed by atoms with van der Waals surface area (Å²) in [7, 11) is 3.21. The summed E-state index contributed by atoms with van der Waals surface area (Å²) in [5.74, 6) is 0.212. The fraction of sp³-hybridized carbons (Fsp3) is 0.684. The zero-order chi connectivity index (χ0) is 20.8. The van der Waals surface area contributed by atoms with Gasteiger partial charge < -0.3 is 24.7 Å². The second kappa shape index (κ2) is 9.95. The highest BCUT2D eigenvalue weighted by Gasteiger charge is 2.38. The Morgan fingerprint density at radius 2 is 2.14 bits per heavy atom. The first-order valence-electron chi connectivity index (χ1n) is 9.93. The molecule has 10 nitrogen and oxygen atoms in total. The Kier molecular flexibility index (Phi) is 7.34. The molecule has 1 fully saturated rings. The third kappa shape index (κ3) is 4.82. The van der Waals surface area contributed by atoms with Crippen molar-refractivity contribution in [2.24, 2.45) is 0 Å². The fourth-order valence-electron chi connectivity index (χ4n) is 3.47. The van der Waals surface area contributed by atoms with Crippen LogP contribution in [0.15, 0.2) is 6.33 Å². The van der Waals surface area contributed by atoms with Crippen molar-refractivity contribution in [1.82, 2.24) is 19.7 Å². The van der Waals surface area contributed by atoms with Gasteiger partial charge in [-0.3, -0.25) is 4.79 Å². The zero-order valence-corrected chi connectivity index (χ0v) is 17.2. The number of methoxy groups -OCH3 is 2. The minimum atomic E-state index is -0.471. The Hall–Kier alpha value is -2.30. The van der Waals surface area contributed by atoms with Gasteiger partial charge in [-0.25, -0.2) is 14.6 Å². The van der Waals surface area contributed by atoms with Gasteiger partial charge in [-0.2, -0.15) is 5.10 Å². The molecule has 29 heavy (non-hydrogen) atoms. The number of nitrogens with two attached hydrogens (primary N) is 1. The van der Waals surface area contributed by atoms with Gasteiger partial charge in [0.1, 0.15) is 18.2 Å². The zero-order valence-electron chi connectivity index (χ0n) is 17.2. The average molecular weight is 407 g/mol. The van der Waals surface area contributed by atoms with Gasteiger partial charge >= 0.3 is 5.97 Å². The molecule has 2 aromatic heterocycles. The van der Waals surface area contributed by atoms with Crippen molar-refractivity contribution in [2.45, 2.75) is 64.1 Å². The van der Waals surface area contributed by atoms with E-state index in [-0.39, 0.29) is 18.3 Å². The van der Waals surface area contributed by atoms with Crippen molar-refractivity contribution in [3.63, 3.8) is 0 Å². The number of aromatic nitrogens is 4. The van der Waals surface area contributed by atoms with Crippen LogP contribution in [0, 0.1) is 0 Å². The lowest BCUT2D eigenvalue weighted by Gasteiger charge is -2.14. The number of esters is 1. The molecule has 3 unspecified atom stereocenters. The number of carbonyl (C=O) groups is 1. The lowest BCUT2D eigenvalue weighted by molar-refractivity contribution is -0.167. The number of aryl methyl sites for hydroxylation is 1. The molecule has 0 aliphatic carbocycles. The van der Waals surface area contributed by atoms with Gasteiger partial charge in [-0.15, -0.1) is 0 Å². The molecule has 0 aromatic carbocycles. The van der Waals surface area contributed by atoms with Crippen molar-refractivity contribution >= 4 is 22.8 Å². The molecule has 3 heterocycles. The van der Waals surface area contributed by atoms with E-state index >= 15 is 0 Å². The number of unbranched alkanes of at least 4 members (excludes halogenated alkanes) is 1. The molecule has 0 amide bonds. The van der Waals surface area contributed by atoms with Crippen LogP contribution in [-0.2, 0) is 30.2 Å². The Labute approximate surface area is 169 Å². The molecule has 3 rings (SSSR count). The summed E-state index contributed by atoms with van der Waals surface area (Å²) >= 11 is 0. The number of ether oxygens (including phenoxy) is 4. The predicted molar refractivity (Wildman–Crippen MR) is 105 cm³/mol. The Morgan fingerprint density at radius 3 is 2.83 bits per heavy atom. The standard InChI is InChI=1S/C19H29N5O5/c1-4-9-28-15(25)8-6-5-7-12-16-17(20)21-11-22-18(16)24(23-12)14-10-13(26-2)19(27-3)29-14/h11,13-14,19H,4-10H2,1-3H3,(H2,20,21,22). The van der Waals surface area contributed by atoms with Crippen molar-refractivity contribution in [1.29, 1.82) is 0 Å². The van der Waals surface area contributed by atoms with E-state index in [1.807, 2.05) is 6.92 Å². The number of fused-ring (bicyclic) bond motifs is 1. The molecule has 1 aliphatic rings. The lowest BCUT2D eigenvalue weighted by Crippen LogP contribution is -2.24. The van der Waals surface area contributed by atoms with Gasteiger partial charge in [0, 0.05) is 27.1 Å². The van der Waals surface area contributed by atoms with Crippen LogP contribution in [0.1, 0.15) is 50.9 Å². The highest BCUT2D eigenvalue weighted by atomic mass is 16.7. The highest BCUT2D eigenvalue weighted by molar-refractivity contribution is 5.88. The summed E-state index contributed by atoms with van der Waals surface area (Å²) in [5, 5.41) is 5.44. The number of nitrogens with zero attached hydrogens (tertiary/aromatic N) is 4. The van der Waals surface area contributed by atoms with Gasteiger partial charge in [-0.05, 0) is 25.7 Å². The Balaban J connectivity index is 1.73. The molecule has 0 spiro atoms. The molecule has 0 saturated carbocycles. The largest absolute Gasteiger partial charge is 0.466 e. The van der Waals surface area contributed by atoms with Crippen molar-refractivity contribution < 1.29 is 23.7 Å². The predicted octanol–water partition coefficient (Wildman–Crippen LogP) is 1.98. The molecule has 1 aliphatic heterocycles. The third-order valence-electron chi connectivity index (χ3n) is 4.94. The monoisotopic (exact) mass is 407 g/mol. The summed E-state index contributed by atoms with van der Waals surface area (Å²) in [6.07, 6.45) is 4.30. The Bertz CT molecular complexity index is 815. The van der Waals surface area contributed by atoms with Gasteiger partial charge in [-0.1, -0.05) is 6.92 Å². The average Bonchev–Trinajstić information content (AvgIpc) is 3.31. The third-order valence-corrected chi connectivity index (χ3v) is 4.94. The first-order valence-corrected chi connectivity index (χ1v) is 9.93. The van der Waals surface area contributed by atoms with Crippen molar-refractivity contribution in [3.05, 3.63) is 12.0 Å². The summed E-state index contributed by atoms with van der Waals surface area (Å²) in [5.41, 5.74) is 7.52. The summed E-state index contributed by atoms with van der Waals surface area (Å²) in [6, 6.07) is 0. The molecule has 0 radical (unpaired) electrons. The second-order valence-electron chi connectivity index (χ2n) is 6.98. The van der Waals surface area contributed by atoms with Crippen molar-refractivity contribution in [3.8, 4) is 0 Å². The van der Waals surface area contributed by atoms with Gasteiger partial charge in [0.2, 0.25) is 0 Å². The smallest absolute Gasteiger partial charge is 0.305 e. The maximum Gasteiger partial charge on any atom is 0.305 e. The van der Waals surface area contributed by atoms with Gasteiger partial charge in [0.15, 0.2) is 18.2 Å². The molecule has 2 aromatic rings. The summed E-state index contributed by atoms with van der Waals surface area (Å²) in [4.78, 5) is 20.1. The van der Waals surface area contributed by atoms with Crippen LogP contribution in [-0.4, -0.2) is 58.9 Å². The van der Waals surface area contributed by atoms with Crippen LogP contribution in [0.2, 0.25) is 0 Å². The maximum atomic E-state index is 11.7. The van der Waals surface area contributed by atoms with Crippen LogP contribution >= 0.6 is 0 Å². The van der Waals surface area contributed by atoms with E-state index in [1.54, 1.807) is 18.9 Å². The molecule has 3 atom stereocenters. The van der Waals surface area contributed by atoms with Gasteiger partial charge in [0.25, 0.3) is 0 Å². The summed E-state index contributed by atoms with van der Waals surface area (Å²) < 4.78 is 23.6. The van der Waals surface area contributed by atoms with E-state index in [9.17, 15) is 4.79 Å². The SMILES string of the molecule is CCCOC(=O)CCCCc1nn(C2CC(OC)C(OC)O2)c2ncnc(N)c12. The van der Waals surface area contributed by atoms with E-state index in [2.05, 4.69) is 9.97 Å². The van der Waals surface area contributed by atoms with Crippen molar-refractivity contribution in [2.75, 3.05) is 26.6 Å². The molecular formula is C19H29N5O5. The summed E-state index contributed by atoms with van der Waals surface area (Å²) in [6.45, 7) is 2.44. The molecule has 0 bridgehead atoms.